The molecule has 0 fully saturated rings. The number of benzene rings is 1. The van der Waals surface area contributed by atoms with E-state index in [1.165, 1.54) is 11.1 Å². The van der Waals surface area contributed by atoms with E-state index in [1.54, 1.807) is 0 Å². The molecule has 0 aromatic heterocycles. The number of nitrogens with one attached hydrogen (secondary N) is 2. The highest BCUT2D eigenvalue weighted by molar-refractivity contribution is 14.0. The van der Waals surface area contributed by atoms with Gasteiger partial charge >= 0.3 is 0 Å². The van der Waals surface area contributed by atoms with Gasteiger partial charge in [-0.25, -0.2) is 4.99 Å². The first kappa shape index (κ1) is 19.2. The molecule has 1 rings (SSSR count). The lowest BCUT2D eigenvalue weighted by atomic mass is 10.1. The third kappa shape index (κ3) is 7.69. The van der Waals surface area contributed by atoms with Crippen molar-refractivity contribution in [1.29, 1.82) is 0 Å². The molecule has 1 atom stereocenters. The van der Waals surface area contributed by atoms with Gasteiger partial charge in [0.1, 0.15) is 0 Å². The Labute approximate surface area is 139 Å². The van der Waals surface area contributed by atoms with Crippen LogP contribution < -0.4 is 10.6 Å². The number of guanidine groups is 1. The van der Waals surface area contributed by atoms with E-state index in [2.05, 4.69) is 40.7 Å². The standard InChI is InChI=1S/C15H25N3O.HI/c1-4-16-15(17-9-13(3)11-19)18-10-14-7-5-6-12(2)8-14;/h5-8,13,19H,4,9-11H2,1-3H3,(H2,16,17,18);1H. The zero-order chi connectivity index (χ0) is 14.1. The van der Waals surface area contributed by atoms with E-state index in [-0.39, 0.29) is 36.5 Å². The molecule has 3 N–H and O–H groups in total. The molecule has 0 radical (unpaired) electrons. The van der Waals surface area contributed by atoms with Crippen molar-refractivity contribution >= 4 is 29.9 Å². The van der Waals surface area contributed by atoms with Crippen molar-refractivity contribution in [2.45, 2.75) is 27.3 Å². The van der Waals surface area contributed by atoms with Crippen molar-refractivity contribution < 1.29 is 5.11 Å². The Kier molecular flexibility index (Phi) is 10.5. The Balaban J connectivity index is 0.00000361. The summed E-state index contributed by atoms with van der Waals surface area (Å²) >= 11 is 0. The van der Waals surface area contributed by atoms with Gasteiger partial charge in [-0.1, -0.05) is 36.8 Å². The first-order chi connectivity index (χ1) is 9.15. The molecule has 5 heteroatoms. The van der Waals surface area contributed by atoms with Crippen LogP contribution in [-0.2, 0) is 6.54 Å². The van der Waals surface area contributed by atoms with E-state index in [1.807, 2.05) is 19.9 Å². The van der Waals surface area contributed by atoms with Gasteiger partial charge in [-0.2, -0.15) is 0 Å². The maximum Gasteiger partial charge on any atom is 0.191 e. The van der Waals surface area contributed by atoms with Crippen LogP contribution in [0.3, 0.4) is 0 Å². The number of aryl methyl sites for hydroxylation is 1. The van der Waals surface area contributed by atoms with Crippen LogP contribution in [-0.4, -0.2) is 30.8 Å². The summed E-state index contributed by atoms with van der Waals surface area (Å²) < 4.78 is 0. The van der Waals surface area contributed by atoms with Gasteiger partial charge in [0.25, 0.3) is 0 Å². The van der Waals surface area contributed by atoms with Gasteiger partial charge in [0.05, 0.1) is 6.54 Å². The Morgan fingerprint density at radius 2 is 2.10 bits per heavy atom. The minimum atomic E-state index is 0. The quantitative estimate of drug-likeness (QED) is 0.396. The average Bonchev–Trinajstić information content (AvgIpc) is 2.41. The van der Waals surface area contributed by atoms with Gasteiger partial charge in [-0.3, -0.25) is 0 Å². The summed E-state index contributed by atoms with van der Waals surface area (Å²) in [6.45, 7) is 8.51. The molecule has 1 aromatic rings. The molecule has 0 saturated heterocycles. The number of aliphatic imine (C=N–C) groups is 1. The minimum absolute atomic E-state index is 0. The van der Waals surface area contributed by atoms with E-state index in [9.17, 15) is 0 Å². The lowest BCUT2D eigenvalue weighted by molar-refractivity contribution is 0.238. The lowest BCUT2D eigenvalue weighted by Crippen LogP contribution is -2.39. The second-order valence-electron chi connectivity index (χ2n) is 4.85. The Bertz CT molecular complexity index is 410. The van der Waals surface area contributed by atoms with Crippen LogP contribution in [0, 0.1) is 12.8 Å². The molecule has 0 aliphatic rings. The second-order valence-corrected chi connectivity index (χ2v) is 4.85. The van der Waals surface area contributed by atoms with E-state index in [0.29, 0.717) is 6.54 Å². The topological polar surface area (TPSA) is 56.7 Å². The van der Waals surface area contributed by atoms with Crippen LogP contribution in [0.1, 0.15) is 25.0 Å². The number of hydrogen-bond acceptors (Lipinski definition) is 2. The first-order valence-corrected chi connectivity index (χ1v) is 6.84. The number of rotatable bonds is 6. The third-order valence-electron chi connectivity index (χ3n) is 2.78. The zero-order valence-electron chi connectivity index (χ0n) is 12.5. The van der Waals surface area contributed by atoms with Gasteiger partial charge < -0.3 is 15.7 Å². The molecule has 0 heterocycles. The molecule has 1 unspecified atom stereocenters. The average molecular weight is 391 g/mol. The molecule has 0 saturated carbocycles. The van der Waals surface area contributed by atoms with Crippen molar-refractivity contribution in [3.8, 4) is 0 Å². The highest BCUT2D eigenvalue weighted by Crippen LogP contribution is 2.05. The maximum absolute atomic E-state index is 9.02. The normalized spacial score (nSPS) is 12.5. The highest BCUT2D eigenvalue weighted by atomic mass is 127. The summed E-state index contributed by atoms with van der Waals surface area (Å²) in [5, 5.41) is 15.5. The Morgan fingerprint density at radius 1 is 1.35 bits per heavy atom. The van der Waals surface area contributed by atoms with E-state index >= 15 is 0 Å². The summed E-state index contributed by atoms with van der Waals surface area (Å²) in [5.74, 6) is 1.02. The van der Waals surface area contributed by atoms with E-state index in [4.69, 9.17) is 5.11 Å². The predicted octanol–water partition coefficient (Wildman–Crippen LogP) is 2.30. The Hall–Kier alpha value is -0.820. The van der Waals surface area contributed by atoms with Crippen molar-refractivity contribution in [2.75, 3.05) is 19.7 Å². The Morgan fingerprint density at radius 3 is 2.70 bits per heavy atom. The van der Waals surface area contributed by atoms with E-state index < -0.39 is 0 Å². The van der Waals surface area contributed by atoms with Crippen LogP contribution in [0.2, 0.25) is 0 Å². The fourth-order valence-electron chi connectivity index (χ4n) is 1.66. The number of aliphatic hydroxyl groups excluding tert-OH is 1. The van der Waals surface area contributed by atoms with Crippen molar-refractivity contribution in [1.82, 2.24) is 10.6 Å². The summed E-state index contributed by atoms with van der Waals surface area (Å²) in [4.78, 5) is 4.54. The smallest absolute Gasteiger partial charge is 0.191 e. The zero-order valence-corrected chi connectivity index (χ0v) is 14.8. The number of halogens is 1. The predicted molar refractivity (Wildman–Crippen MR) is 95.7 cm³/mol. The second kappa shape index (κ2) is 10.9. The first-order valence-electron chi connectivity index (χ1n) is 6.84. The molecular weight excluding hydrogens is 365 g/mol. The SMILES string of the molecule is CCNC(=NCc1cccc(C)c1)NCC(C)CO.I. The van der Waals surface area contributed by atoms with Gasteiger partial charge in [0, 0.05) is 19.7 Å². The number of aliphatic hydroxyl groups is 1. The summed E-state index contributed by atoms with van der Waals surface area (Å²) in [7, 11) is 0. The molecule has 1 aromatic carbocycles. The van der Waals surface area contributed by atoms with E-state index in [0.717, 1.165) is 19.0 Å². The summed E-state index contributed by atoms with van der Waals surface area (Å²) in [6, 6.07) is 8.35. The van der Waals surface area contributed by atoms with Crippen LogP contribution in [0.25, 0.3) is 0 Å². The van der Waals surface area contributed by atoms with Gasteiger partial charge in [-0.15, -0.1) is 24.0 Å². The molecular formula is C15H26IN3O. The van der Waals surface area contributed by atoms with Gasteiger partial charge in [-0.05, 0) is 25.3 Å². The monoisotopic (exact) mass is 391 g/mol. The molecule has 0 bridgehead atoms. The molecule has 4 nitrogen and oxygen atoms in total. The van der Waals surface area contributed by atoms with Gasteiger partial charge in [0.15, 0.2) is 5.96 Å². The highest BCUT2D eigenvalue weighted by Gasteiger charge is 2.02. The largest absolute Gasteiger partial charge is 0.396 e. The minimum Gasteiger partial charge on any atom is -0.396 e. The molecule has 0 spiro atoms. The van der Waals surface area contributed by atoms with Crippen LogP contribution in [0.5, 0.6) is 0 Å². The third-order valence-corrected chi connectivity index (χ3v) is 2.78. The van der Waals surface area contributed by atoms with Crippen LogP contribution in [0.15, 0.2) is 29.3 Å². The number of hydrogen-bond donors (Lipinski definition) is 3. The molecule has 0 amide bonds. The molecule has 0 aliphatic heterocycles. The molecule has 0 aliphatic carbocycles. The molecule has 114 valence electrons. The fraction of sp³-hybridized carbons (Fsp3) is 0.533. The fourth-order valence-corrected chi connectivity index (χ4v) is 1.66. The van der Waals surface area contributed by atoms with Crippen LogP contribution >= 0.6 is 24.0 Å². The van der Waals surface area contributed by atoms with Gasteiger partial charge in [0.2, 0.25) is 0 Å². The maximum atomic E-state index is 9.02. The lowest BCUT2D eigenvalue weighted by Gasteiger charge is -2.14. The van der Waals surface area contributed by atoms with Crippen LogP contribution in [0.4, 0.5) is 0 Å². The number of nitrogens with zero attached hydrogens (tertiary/aromatic N) is 1. The molecule has 20 heavy (non-hydrogen) atoms. The van der Waals surface area contributed by atoms with Crippen molar-refractivity contribution in [3.63, 3.8) is 0 Å². The summed E-state index contributed by atoms with van der Waals surface area (Å²) in [5.41, 5.74) is 2.45. The van der Waals surface area contributed by atoms with Crippen molar-refractivity contribution in [3.05, 3.63) is 35.4 Å². The van der Waals surface area contributed by atoms with Crippen molar-refractivity contribution in [2.24, 2.45) is 10.9 Å². The summed E-state index contributed by atoms with van der Waals surface area (Å²) in [6.07, 6.45) is 0.